The van der Waals surface area contributed by atoms with E-state index in [1.807, 2.05) is 68.4 Å². The summed E-state index contributed by atoms with van der Waals surface area (Å²) >= 11 is 0. The van der Waals surface area contributed by atoms with Gasteiger partial charge >= 0.3 is 0 Å². The number of hydrogen-bond donors (Lipinski definition) is 0. The molecule has 1 saturated heterocycles. The Kier molecular flexibility index (Phi) is 6.05. The molecule has 0 unspecified atom stereocenters. The number of nitrogens with zero attached hydrogens (tertiary/aromatic N) is 1. The average molecular weight is 442 g/mol. The highest BCUT2D eigenvalue weighted by atomic mass is 32.2. The van der Waals surface area contributed by atoms with Gasteiger partial charge in [0.05, 0.1) is 11.5 Å². The van der Waals surface area contributed by atoms with Crippen LogP contribution in [0.2, 0.25) is 0 Å². The number of hydrogen-bond acceptors (Lipinski definition) is 5. The third-order valence-electron chi connectivity index (χ3n) is 5.49. The Bertz CT molecular complexity index is 1170. The van der Waals surface area contributed by atoms with Crippen LogP contribution in [0.3, 0.4) is 0 Å². The summed E-state index contributed by atoms with van der Waals surface area (Å²) in [6.07, 6.45) is 0.455. The maximum atomic E-state index is 13.7. The van der Waals surface area contributed by atoms with Gasteiger partial charge in [-0.1, -0.05) is 50.2 Å². The monoisotopic (exact) mass is 441 g/mol. The highest BCUT2D eigenvalue weighted by Crippen LogP contribution is 2.30. The molecular weight excluding hydrogens is 414 g/mol. The summed E-state index contributed by atoms with van der Waals surface area (Å²) in [7, 11) is -3.12. The summed E-state index contributed by atoms with van der Waals surface area (Å²) in [6, 6.07) is 16.6. The molecule has 1 fully saturated rings. The molecule has 164 valence electrons. The highest BCUT2D eigenvalue weighted by Gasteiger charge is 2.37. The Morgan fingerprint density at radius 3 is 2.52 bits per heavy atom. The molecule has 3 aromatic rings. The molecule has 0 N–H and O–H groups in total. The lowest BCUT2D eigenvalue weighted by molar-refractivity contribution is 0.0638. The first-order valence-electron chi connectivity index (χ1n) is 10.5. The lowest BCUT2D eigenvalue weighted by atomic mass is 10.1. The molecule has 1 aliphatic rings. The van der Waals surface area contributed by atoms with Gasteiger partial charge < -0.3 is 14.1 Å². The van der Waals surface area contributed by atoms with E-state index in [1.165, 1.54) is 0 Å². The second kappa shape index (κ2) is 8.75. The van der Waals surface area contributed by atoms with Gasteiger partial charge in [-0.15, -0.1) is 0 Å². The summed E-state index contributed by atoms with van der Waals surface area (Å²) in [5, 5.41) is 0.824. The summed E-state index contributed by atoms with van der Waals surface area (Å²) in [5.74, 6) is 0.957. The van der Waals surface area contributed by atoms with Crippen LogP contribution in [0, 0.1) is 5.92 Å². The van der Waals surface area contributed by atoms with Crippen molar-refractivity contribution < 1.29 is 22.4 Å². The van der Waals surface area contributed by atoms with Gasteiger partial charge in [0.15, 0.2) is 15.6 Å². The molecule has 0 aliphatic carbocycles. The van der Waals surface area contributed by atoms with Gasteiger partial charge in [-0.25, -0.2) is 8.42 Å². The third kappa shape index (κ3) is 4.77. The molecule has 31 heavy (non-hydrogen) atoms. The van der Waals surface area contributed by atoms with Gasteiger partial charge in [-0.05, 0) is 30.5 Å². The molecule has 0 spiro atoms. The molecule has 1 aromatic heterocycles. The summed E-state index contributed by atoms with van der Waals surface area (Å²) in [4.78, 5) is 15.3. The molecule has 2 aromatic carbocycles. The SMILES string of the molecule is CC(C)CN(C(=O)c1oc2ccccc2c1COc1ccccc1)[C@H]1CCS(=O)(=O)C1. The van der Waals surface area contributed by atoms with E-state index in [4.69, 9.17) is 9.15 Å². The minimum absolute atomic E-state index is 0.00152. The molecule has 6 nitrogen and oxygen atoms in total. The van der Waals surface area contributed by atoms with Crippen LogP contribution in [0.1, 0.15) is 36.4 Å². The second-order valence-electron chi connectivity index (χ2n) is 8.42. The van der Waals surface area contributed by atoms with Crippen molar-refractivity contribution in [3.8, 4) is 5.75 Å². The Morgan fingerprint density at radius 2 is 1.84 bits per heavy atom. The van der Waals surface area contributed by atoms with Crippen LogP contribution < -0.4 is 4.74 Å². The van der Waals surface area contributed by atoms with Gasteiger partial charge in [0, 0.05) is 23.5 Å². The van der Waals surface area contributed by atoms with Crippen LogP contribution in [0.5, 0.6) is 5.75 Å². The number of benzene rings is 2. The molecule has 0 saturated carbocycles. The largest absolute Gasteiger partial charge is 0.489 e. The van der Waals surface area contributed by atoms with Crippen molar-refractivity contribution in [2.24, 2.45) is 5.92 Å². The standard InChI is InChI=1S/C24H27NO5S/c1-17(2)14-25(18-12-13-31(27,28)16-18)24(26)23-21(15-29-19-8-4-3-5-9-19)20-10-6-7-11-22(20)30-23/h3-11,17-18H,12-16H2,1-2H3/t18-/m0/s1. The number of rotatable bonds is 7. The number of amides is 1. The Morgan fingerprint density at radius 1 is 1.13 bits per heavy atom. The lowest BCUT2D eigenvalue weighted by Gasteiger charge is -2.29. The van der Waals surface area contributed by atoms with E-state index >= 15 is 0 Å². The zero-order valence-corrected chi connectivity index (χ0v) is 18.6. The first-order chi connectivity index (χ1) is 14.8. The maximum absolute atomic E-state index is 13.7. The number of ether oxygens (including phenoxy) is 1. The van der Waals surface area contributed by atoms with Crippen LogP contribution in [0.15, 0.2) is 59.0 Å². The van der Waals surface area contributed by atoms with Crippen molar-refractivity contribution in [1.29, 1.82) is 0 Å². The normalized spacial score (nSPS) is 17.8. The van der Waals surface area contributed by atoms with Crippen LogP contribution >= 0.6 is 0 Å². The lowest BCUT2D eigenvalue weighted by Crippen LogP contribution is -2.43. The first-order valence-corrected chi connectivity index (χ1v) is 12.4. The molecule has 1 aliphatic heterocycles. The number of carbonyl (C=O) groups excluding carboxylic acids is 1. The fraction of sp³-hybridized carbons (Fsp3) is 0.375. The van der Waals surface area contributed by atoms with Crippen LogP contribution in [0.4, 0.5) is 0 Å². The zero-order chi connectivity index (χ0) is 22.0. The first kappa shape index (κ1) is 21.4. The average Bonchev–Trinajstić information content (AvgIpc) is 3.30. The minimum Gasteiger partial charge on any atom is -0.489 e. The van der Waals surface area contributed by atoms with E-state index in [1.54, 1.807) is 4.90 Å². The summed E-state index contributed by atoms with van der Waals surface area (Å²) in [5.41, 5.74) is 1.29. The fourth-order valence-electron chi connectivity index (χ4n) is 4.03. The van der Waals surface area contributed by atoms with E-state index in [2.05, 4.69) is 0 Å². The van der Waals surface area contributed by atoms with E-state index in [9.17, 15) is 13.2 Å². The Balaban J connectivity index is 1.69. The van der Waals surface area contributed by atoms with Gasteiger partial charge in [0.2, 0.25) is 0 Å². The van der Waals surface area contributed by atoms with Gasteiger partial charge in [0.25, 0.3) is 5.91 Å². The van der Waals surface area contributed by atoms with Crippen LogP contribution in [-0.2, 0) is 16.4 Å². The number of fused-ring (bicyclic) bond motifs is 1. The van der Waals surface area contributed by atoms with Crippen molar-refractivity contribution in [2.75, 3.05) is 18.1 Å². The van der Waals surface area contributed by atoms with Crippen molar-refractivity contribution in [3.05, 3.63) is 65.9 Å². The van der Waals surface area contributed by atoms with E-state index < -0.39 is 9.84 Å². The maximum Gasteiger partial charge on any atom is 0.290 e. The topological polar surface area (TPSA) is 76.8 Å². The van der Waals surface area contributed by atoms with E-state index in [-0.39, 0.29) is 41.7 Å². The van der Waals surface area contributed by atoms with Crippen molar-refractivity contribution in [2.45, 2.75) is 32.9 Å². The van der Waals surface area contributed by atoms with Crippen LogP contribution in [0.25, 0.3) is 11.0 Å². The van der Waals surface area contributed by atoms with Crippen LogP contribution in [-0.4, -0.2) is 43.3 Å². The molecule has 7 heteroatoms. The van der Waals surface area contributed by atoms with E-state index in [0.717, 1.165) is 5.39 Å². The van der Waals surface area contributed by atoms with Crippen molar-refractivity contribution >= 4 is 26.7 Å². The minimum atomic E-state index is -3.12. The summed E-state index contributed by atoms with van der Waals surface area (Å²) in [6.45, 7) is 4.68. The zero-order valence-electron chi connectivity index (χ0n) is 17.8. The van der Waals surface area contributed by atoms with Gasteiger partial charge in [-0.3, -0.25) is 4.79 Å². The predicted molar refractivity (Wildman–Crippen MR) is 120 cm³/mol. The molecule has 2 heterocycles. The number of furan rings is 1. The molecule has 4 rings (SSSR count). The Labute approximate surface area is 182 Å². The quantitative estimate of drug-likeness (QED) is 0.546. The van der Waals surface area contributed by atoms with E-state index in [0.29, 0.717) is 29.9 Å². The highest BCUT2D eigenvalue weighted by molar-refractivity contribution is 7.91. The Hall–Kier alpha value is -2.80. The molecule has 0 bridgehead atoms. The smallest absolute Gasteiger partial charge is 0.290 e. The molecule has 0 radical (unpaired) electrons. The number of para-hydroxylation sites is 2. The number of sulfone groups is 1. The van der Waals surface area contributed by atoms with Crippen molar-refractivity contribution in [3.63, 3.8) is 0 Å². The fourth-order valence-corrected chi connectivity index (χ4v) is 5.76. The molecular formula is C24H27NO5S. The van der Waals surface area contributed by atoms with Gasteiger partial charge in [-0.2, -0.15) is 0 Å². The molecule has 1 atom stereocenters. The predicted octanol–water partition coefficient (Wildman–Crippen LogP) is 4.30. The van der Waals surface area contributed by atoms with Crippen molar-refractivity contribution in [1.82, 2.24) is 4.90 Å². The summed E-state index contributed by atoms with van der Waals surface area (Å²) < 4.78 is 36.1. The number of carbonyl (C=O) groups is 1. The van der Waals surface area contributed by atoms with Gasteiger partial charge in [0.1, 0.15) is 17.9 Å². The third-order valence-corrected chi connectivity index (χ3v) is 7.24. The second-order valence-corrected chi connectivity index (χ2v) is 10.6. The molecule has 1 amide bonds.